The van der Waals surface area contributed by atoms with E-state index in [0.717, 1.165) is 25.0 Å². The Hall–Kier alpha value is -2.74. The summed E-state index contributed by atoms with van der Waals surface area (Å²) in [7, 11) is 0. The van der Waals surface area contributed by atoms with Crippen molar-refractivity contribution in [2.45, 2.75) is 39.5 Å². The summed E-state index contributed by atoms with van der Waals surface area (Å²) in [5.74, 6) is -0.0878. The van der Waals surface area contributed by atoms with Gasteiger partial charge in [-0.3, -0.25) is 20.4 Å². The lowest BCUT2D eigenvalue weighted by molar-refractivity contribution is 0.0848. The molecular weight excluding hydrogens is 364 g/mol. The van der Waals surface area contributed by atoms with Crippen molar-refractivity contribution in [3.63, 3.8) is 0 Å². The number of nitrogens with zero attached hydrogens (tertiary/aromatic N) is 2. The highest BCUT2D eigenvalue weighted by Crippen LogP contribution is 2.32. The average Bonchev–Trinajstić information content (AvgIpc) is 3.28. The quantitative estimate of drug-likeness (QED) is 0.677. The minimum atomic E-state index is -0.434. The summed E-state index contributed by atoms with van der Waals surface area (Å²) in [6.45, 7) is 4.18. The molecule has 4 rings (SSSR count). The van der Waals surface area contributed by atoms with Crippen LogP contribution >= 0.6 is 11.3 Å². The molecule has 3 heterocycles. The molecule has 2 amide bonds. The molecule has 0 aromatic carbocycles. The summed E-state index contributed by atoms with van der Waals surface area (Å²) in [5.41, 5.74) is 7.68. The number of carbonyl (C=O) groups is 2. The summed E-state index contributed by atoms with van der Waals surface area (Å²) < 4.78 is 5.12. The zero-order valence-corrected chi connectivity index (χ0v) is 16.0. The Morgan fingerprint density at radius 2 is 2.11 bits per heavy atom. The van der Waals surface area contributed by atoms with Crippen molar-refractivity contribution in [3.8, 4) is 0 Å². The Labute approximate surface area is 160 Å². The molecule has 0 saturated heterocycles. The van der Waals surface area contributed by atoms with Crippen LogP contribution in [0.15, 0.2) is 22.9 Å². The van der Waals surface area contributed by atoms with Crippen molar-refractivity contribution in [1.82, 2.24) is 21.0 Å². The van der Waals surface area contributed by atoms with Crippen molar-refractivity contribution >= 4 is 34.3 Å². The highest BCUT2D eigenvalue weighted by molar-refractivity contribution is 7.14. The zero-order chi connectivity index (χ0) is 19.0. The molecule has 0 aliphatic heterocycles. The molecule has 1 aliphatic rings. The molecule has 27 heavy (non-hydrogen) atoms. The highest BCUT2D eigenvalue weighted by Gasteiger charge is 2.21. The van der Waals surface area contributed by atoms with Crippen molar-refractivity contribution in [3.05, 3.63) is 44.9 Å². The first-order valence-electron chi connectivity index (χ1n) is 9.01. The van der Waals surface area contributed by atoms with Crippen LogP contribution in [0.1, 0.15) is 56.4 Å². The third-order valence-electron chi connectivity index (χ3n) is 4.84. The van der Waals surface area contributed by atoms with E-state index in [1.807, 2.05) is 13.0 Å². The minimum Gasteiger partial charge on any atom is -0.336 e. The normalized spacial score (nSPS) is 16.1. The molecule has 7 nitrogen and oxygen atoms in total. The van der Waals surface area contributed by atoms with Crippen LogP contribution in [0.2, 0.25) is 0 Å². The second-order valence-electron chi connectivity index (χ2n) is 6.87. The third-order valence-corrected chi connectivity index (χ3v) is 6.08. The molecular formula is C19H20N4O3S. The minimum absolute atomic E-state index is 0.302. The predicted molar refractivity (Wildman–Crippen MR) is 102 cm³/mol. The summed E-state index contributed by atoms with van der Waals surface area (Å²) in [4.78, 5) is 30.8. The molecule has 0 bridgehead atoms. The molecule has 8 heteroatoms. The number of rotatable bonds is 3. The Kier molecular flexibility index (Phi) is 4.65. The van der Waals surface area contributed by atoms with Crippen LogP contribution in [-0.2, 0) is 19.3 Å². The van der Waals surface area contributed by atoms with Gasteiger partial charge in [0.25, 0.3) is 17.5 Å². The number of carbonyl (C=O) groups excluding carboxylic acids is 2. The molecule has 0 saturated carbocycles. The number of hydrogen-bond donors (Lipinski definition) is 2. The van der Waals surface area contributed by atoms with Crippen LogP contribution in [0.3, 0.4) is 0 Å². The summed E-state index contributed by atoms with van der Waals surface area (Å²) in [6, 6.07) is 3.61. The third kappa shape index (κ3) is 3.44. The molecule has 1 atom stereocenters. The number of pyridine rings is 1. The van der Waals surface area contributed by atoms with E-state index in [1.165, 1.54) is 28.0 Å². The largest absolute Gasteiger partial charge is 0.336 e. The molecule has 1 aliphatic carbocycles. The predicted octanol–water partition coefficient (Wildman–Crippen LogP) is 3.05. The summed E-state index contributed by atoms with van der Waals surface area (Å²) in [6.07, 6.45) is 5.27. The van der Waals surface area contributed by atoms with E-state index in [4.69, 9.17) is 4.52 Å². The first kappa shape index (κ1) is 17.7. The maximum atomic E-state index is 12.4. The van der Waals surface area contributed by atoms with Crippen LogP contribution in [0, 0.1) is 5.92 Å². The van der Waals surface area contributed by atoms with Gasteiger partial charge in [-0.2, -0.15) is 0 Å². The Morgan fingerprint density at radius 3 is 2.93 bits per heavy atom. The van der Waals surface area contributed by atoms with Gasteiger partial charge in [-0.15, -0.1) is 11.3 Å². The Balaban J connectivity index is 1.44. The first-order chi connectivity index (χ1) is 13.0. The Bertz CT molecular complexity index is 1020. The highest BCUT2D eigenvalue weighted by atomic mass is 32.1. The molecule has 3 aromatic rings. The second-order valence-corrected chi connectivity index (χ2v) is 8.01. The maximum Gasteiger partial charge on any atom is 0.279 e. The lowest BCUT2D eigenvalue weighted by Crippen LogP contribution is -2.41. The number of fused-ring (bicyclic) bond motifs is 2. The monoisotopic (exact) mass is 384 g/mol. The summed E-state index contributed by atoms with van der Waals surface area (Å²) >= 11 is 1.50. The van der Waals surface area contributed by atoms with Gasteiger partial charge in [0.1, 0.15) is 0 Å². The van der Waals surface area contributed by atoms with Gasteiger partial charge in [0.2, 0.25) is 0 Å². The molecule has 0 radical (unpaired) electrons. The van der Waals surface area contributed by atoms with Crippen LogP contribution in [-0.4, -0.2) is 22.0 Å². The van der Waals surface area contributed by atoms with Crippen LogP contribution in [0.4, 0.5) is 0 Å². The summed E-state index contributed by atoms with van der Waals surface area (Å²) in [5, 5.41) is 4.63. The van der Waals surface area contributed by atoms with Gasteiger partial charge in [0.05, 0.1) is 21.5 Å². The van der Waals surface area contributed by atoms with Gasteiger partial charge in [-0.25, -0.2) is 4.98 Å². The standard InChI is InChI=1S/C19H20N4O3S/c1-3-14-13-7-12(9-20-19(13)26-23-14)17(24)21-22-18(25)16-8-11-6-10(2)4-5-15(11)27-16/h7-10H,3-6H2,1-2H3,(H,21,24)(H,22,25)/t10-/m1/s1. The molecule has 0 fully saturated rings. The fraction of sp³-hybridized carbons (Fsp3) is 0.368. The number of hydrogen-bond acceptors (Lipinski definition) is 6. The number of thiophene rings is 1. The average molecular weight is 384 g/mol. The maximum absolute atomic E-state index is 12.4. The zero-order valence-electron chi connectivity index (χ0n) is 15.2. The second kappa shape index (κ2) is 7.11. The SMILES string of the molecule is CCc1noc2ncc(C(=O)NNC(=O)c3cc4c(s3)CC[C@@H](C)C4)cc12. The fourth-order valence-electron chi connectivity index (χ4n) is 3.32. The fourth-order valence-corrected chi connectivity index (χ4v) is 4.43. The molecule has 0 unspecified atom stereocenters. The van der Waals surface area contributed by atoms with E-state index in [0.29, 0.717) is 33.9 Å². The van der Waals surface area contributed by atoms with Gasteiger partial charge in [0, 0.05) is 11.1 Å². The lowest BCUT2D eigenvalue weighted by Gasteiger charge is -2.16. The number of aryl methyl sites for hydroxylation is 2. The van der Waals surface area contributed by atoms with E-state index in [-0.39, 0.29) is 5.91 Å². The van der Waals surface area contributed by atoms with Crippen molar-refractivity contribution in [2.24, 2.45) is 5.92 Å². The molecule has 2 N–H and O–H groups in total. The van der Waals surface area contributed by atoms with Crippen molar-refractivity contribution in [2.75, 3.05) is 0 Å². The topological polar surface area (TPSA) is 97.1 Å². The molecule has 140 valence electrons. The molecule has 3 aromatic heterocycles. The molecule has 0 spiro atoms. The van der Waals surface area contributed by atoms with E-state index >= 15 is 0 Å². The van der Waals surface area contributed by atoms with Crippen LogP contribution in [0.25, 0.3) is 11.1 Å². The van der Waals surface area contributed by atoms with Gasteiger partial charge in [0.15, 0.2) is 0 Å². The van der Waals surface area contributed by atoms with E-state index < -0.39 is 5.91 Å². The van der Waals surface area contributed by atoms with Crippen molar-refractivity contribution < 1.29 is 14.1 Å². The number of hydrazine groups is 1. The van der Waals surface area contributed by atoms with Crippen molar-refractivity contribution in [1.29, 1.82) is 0 Å². The lowest BCUT2D eigenvalue weighted by atomic mass is 9.90. The van der Waals surface area contributed by atoms with Gasteiger partial charge in [-0.1, -0.05) is 19.0 Å². The Morgan fingerprint density at radius 1 is 1.30 bits per heavy atom. The van der Waals surface area contributed by atoms with E-state index in [2.05, 4.69) is 27.9 Å². The number of amides is 2. The van der Waals surface area contributed by atoms with Gasteiger partial charge in [-0.05, 0) is 49.3 Å². The first-order valence-corrected chi connectivity index (χ1v) is 9.83. The van der Waals surface area contributed by atoms with E-state index in [9.17, 15) is 9.59 Å². The van der Waals surface area contributed by atoms with Crippen LogP contribution < -0.4 is 10.9 Å². The smallest absolute Gasteiger partial charge is 0.279 e. The van der Waals surface area contributed by atoms with Crippen LogP contribution in [0.5, 0.6) is 0 Å². The van der Waals surface area contributed by atoms with Gasteiger partial charge < -0.3 is 4.52 Å². The van der Waals surface area contributed by atoms with Gasteiger partial charge >= 0.3 is 0 Å². The van der Waals surface area contributed by atoms with E-state index in [1.54, 1.807) is 6.07 Å². The number of nitrogens with one attached hydrogen (secondary N) is 2. The number of aromatic nitrogens is 2.